The summed E-state index contributed by atoms with van der Waals surface area (Å²) in [7, 11) is -2.10. The Kier molecular flexibility index (Phi) is 7.32. The molecule has 0 radical (unpaired) electrons. The third-order valence-corrected chi connectivity index (χ3v) is 11.7. The Morgan fingerprint density at radius 2 is 1.45 bits per heavy atom. The lowest BCUT2D eigenvalue weighted by Crippen LogP contribution is -2.46. The number of ether oxygens (including phenoxy) is 6. The molecular weight excluding hydrogens is 531 g/mol. The molecule has 3 aliphatic heterocycles. The normalized spacial score (nSPS) is 34.1. The maximum atomic E-state index is 15.2. The van der Waals surface area contributed by atoms with Crippen molar-refractivity contribution in [3.05, 3.63) is 54.6 Å². The number of fused-ring (bicyclic) bond motifs is 1. The molecule has 3 heterocycles. The fraction of sp³-hybridized carbons (Fsp3) is 0.613. The average molecular weight is 571 g/mol. The minimum atomic E-state index is -3.68. The standard InChI is InChI=1S/C31H39O8P/c1-33-23-15-7-8-16-25(23)40(32,22-13-5-2-6-14-22)39-27-26(24-21-34-30(36-24)17-9-3-10-18-30)35-29-28(27)37-31(38-29)19-11-4-12-20-31/h2,5-8,13-16,24,26-29H,3-4,9-12,17-21H2,1H3/t24-,26+,27-,28+,29+,40-/m0/s1. The second-order valence-electron chi connectivity index (χ2n) is 11.7. The molecule has 9 heteroatoms. The number of hydrogen-bond acceptors (Lipinski definition) is 8. The van der Waals surface area contributed by atoms with Crippen molar-refractivity contribution >= 4 is 18.0 Å². The van der Waals surface area contributed by atoms with E-state index in [1.807, 2.05) is 54.6 Å². The fourth-order valence-electron chi connectivity index (χ4n) is 7.12. The highest BCUT2D eigenvalue weighted by molar-refractivity contribution is 7.74. The minimum absolute atomic E-state index is 0.384. The van der Waals surface area contributed by atoms with Crippen LogP contribution < -0.4 is 15.3 Å². The molecule has 5 fully saturated rings. The van der Waals surface area contributed by atoms with Crippen molar-refractivity contribution in [2.45, 2.75) is 106 Å². The van der Waals surface area contributed by atoms with E-state index in [1.165, 1.54) is 12.8 Å². The monoisotopic (exact) mass is 570 g/mol. The molecule has 6 atom stereocenters. The van der Waals surface area contributed by atoms with Crippen LogP contribution in [0.4, 0.5) is 0 Å². The molecule has 0 N–H and O–H groups in total. The van der Waals surface area contributed by atoms with Gasteiger partial charge in [-0.1, -0.05) is 43.2 Å². The molecule has 0 unspecified atom stereocenters. The van der Waals surface area contributed by atoms with Crippen molar-refractivity contribution in [2.75, 3.05) is 13.7 Å². The third-order valence-electron chi connectivity index (χ3n) is 9.13. The Balaban J connectivity index is 1.25. The lowest BCUT2D eigenvalue weighted by Gasteiger charge is -2.36. The molecule has 2 aromatic rings. The molecule has 216 valence electrons. The first-order chi connectivity index (χ1) is 19.5. The van der Waals surface area contributed by atoms with Gasteiger partial charge >= 0.3 is 0 Å². The Labute approximate surface area is 236 Å². The Morgan fingerprint density at radius 3 is 2.17 bits per heavy atom. The lowest BCUT2D eigenvalue weighted by atomic mass is 9.94. The highest BCUT2D eigenvalue weighted by atomic mass is 31.2. The molecule has 40 heavy (non-hydrogen) atoms. The highest BCUT2D eigenvalue weighted by Crippen LogP contribution is 2.55. The van der Waals surface area contributed by atoms with Gasteiger partial charge in [0.2, 0.25) is 0 Å². The number of benzene rings is 2. The highest BCUT2D eigenvalue weighted by Gasteiger charge is 2.63. The predicted octanol–water partition coefficient (Wildman–Crippen LogP) is 5.19. The van der Waals surface area contributed by atoms with E-state index in [4.69, 9.17) is 32.9 Å². The first-order valence-electron chi connectivity index (χ1n) is 14.8. The first kappa shape index (κ1) is 27.1. The maximum absolute atomic E-state index is 15.2. The predicted molar refractivity (Wildman–Crippen MR) is 148 cm³/mol. The topological polar surface area (TPSA) is 81.7 Å². The quantitative estimate of drug-likeness (QED) is 0.440. The molecular formula is C31H39O8P. The van der Waals surface area contributed by atoms with Gasteiger partial charge in [0.1, 0.15) is 30.2 Å². The van der Waals surface area contributed by atoms with Crippen molar-refractivity contribution < 1.29 is 37.5 Å². The van der Waals surface area contributed by atoms with Gasteiger partial charge in [-0.05, 0) is 49.9 Å². The van der Waals surface area contributed by atoms with Gasteiger partial charge in [0.15, 0.2) is 17.9 Å². The Bertz CT molecular complexity index is 1220. The average Bonchev–Trinajstić information content (AvgIpc) is 3.66. The summed E-state index contributed by atoms with van der Waals surface area (Å²) >= 11 is 0. The Hall–Kier alpha value is -1.77. The van der Waals surface area contributed by atoms with Crippen molar-refractivity contribution in [1.29, 1.82) is 0 Å². The summed E-state index contributed by atoms with van der Waals surface area (Å²) in [6.45, 7) is 0.388. The SMILES string of the molecule is COc1ccccc1[P@@](=O)(O[C@@H]1[C@H]2OC3(CCCCC3)O[C@H]2O[C@@H]1[C@@H]1COC2(CCCCC2)O1)c1ccccc1. The zero-order valence-corrected chi connectivity index (χ0v) is 24.0. The van der Waals surface area contributed by atoms with Gasteiger partial charge in [-0.2, -0.15) is 0 Å². The molecule has 5 aliphatic rings. The van der Waals surface area contributed by atoms with Crippen molar-refractivity contribution in [3.63, 3.8) is 0 Å². The summed E-state index contributed by atoms with van der Waals surface area (Å²) in [5, 5.41) is 1.09. The molecule has 3 saturated heterocycles. The first-order valence-corrected chi connectivity index (χ1v) is 16.5. The molecule has 0 amide bonds. The van der Waals surface area contributed by atoms with Gasteiger partial charge < -0.3 is 32.9 Å². The molecule has 2 aliphatic carbocycles. The second kappa shape index (κ2) is 10.8. The molecule has 8 nitrogen and oxygen atoms in total. The van der Waals surface area contributed by atoms with Crippen LogP contribution in [0.1, 0.15) is 64.2 Å². The van der Waals surface area contributed by atoms with Crippen LogP contribution in [0, 0.1) is 0 Å². The Morgan fingerprint density at radius 1 is 0.775 bits per heavy atom. The summed E-state index contributed by atoms with van der Waals surface area (Å²) < 4.78 is 60.5. The van der Waals surface area contributed by atoms with Gasteiger partial charge in [-0.25, -0.2) is 0 Å². The number of hydrogen-bond donors (Lipinski definition) is 0. The van der Waals surface area contributed by atoms with Gasteiger partial charge in [0.25, 0.3) is 7.37 Å². The van der Waals surface area contributed by atoms with Crippen molar-refractivity contribution in [3.8, 4) is 5.75 Å². The summed E-state index contributed by atoms with van der Waals surface area (Å²) in [4.78, 5) is 0. The molecule has 2 aromatic carbocycles. The summed E-state index contributed by atoms with van der Waals surface area (Å²) in [5.74, 6) is -0.748. The van der Waals surface area contributed by atoms with Crippen LogP contribution in [0.2, 0.25) is 0 Å². The number of para-hydroxylation sites is 1. The summed E-state index contributed by atoms with van der Waals surface area (Å²) in [5.41, 5.74) is 0. The number of methoxy groups -OCH3 is 1. The van der Waals surface area contributed by atoms with E-state index in [2.05, 4.69) is 0 Å². The van der Waals surface area contributed by atoms with E-state index in [1.54, 1.807) is 7.11 Å². The van der Waals surface area contributed by atoms with Crippen molar-refractivity contribution in [2.24, 2.45) is 0 Å². The van der Waals surface area contributed by atoms with Crippen molar-refractivity contribution in [1.82, 2.24) is 0 Å². The zero-order chi connectivity index (χ0) is 27.2. The smallest absolute Gasteiger partial charge is 0.265 e. The van der Waals surface area contributed by atoms with E-state index in [0.29, 0.717) is 23.0 Å². The number of rotatable bonds is 6. The van der Waals surface area contributed by atoms with Gasteiger partial charge in [0, 0.05) is 31.0 Å². The summed E-state index contributed by atoms with van der Waals surface area (Å²) in [6.07, 6.45) is 7.16. The van der Waals surface area contributed by atoms with E-state index < -0.39 is 43.5 Å². The molecule has 2 saturated carbocycles. The largest absolute Gasteiger partial charge is 0.496 e. The van der Waals surface area contributed by atoms with E-state index >= 15 is 4.57 Å². The fourth-order valence-corrected chi connectivity index (χ4v) is 9.52. The van der Waals surface area contributed by atoms with Crippen LogP contribution in [0.3, 0.4) is 0 Å². The van der Waals surface area contributed by atoms with E-state index in [-0.39, 0.29) is 6.10 Å². The van der Waals surface area contributed by atoms with Crippen LogP contribution in [0.15, 0.2) is 54.6 Å². The van der Waals surface area contributed by atoms with Crippen LogP contribution in [0.25, 0.3) is 0 Å². The van der Waals surface area contributed by atoms with Crippen LogP contribution in [0.5, 0.6) is 5.75 Å². The molecule has 7 rings (SSSR count). The molecule has 2 spiro atoms. The molecule has 0 bridgehead atoms. The minimum Gasteiger partial charge on any atom is -0.496 e. The van der Waals surface area contributed by atoms with E-state index in [0.717, 1.165) is 51.4 Å². The van der Waals surface area contributed by atoms with Gasteiger partial charge in [-0.3, -0.25) is 4.57 Å². The van der Waals surface area contributed by atoms with Gasteiger partial charge in [-0.15, -0.1) is 0 Å². The third kappa shape index (κ3) is 4.76. The summed E-state index contributed by atoms with van der Waals surface area (Å²) in [6, 6.07) is 16.7. The molecule has 0 aromatic heterocycles. The van der Waals surface area contributed by atoms with Crippen LogP contribution in [-0.4, -0.2) is 56.0 Å². The van der Waals surface area contributed by atoms with Crippen LogP contribution in [-0.2, 0) is 32.8 Å². The van der Waals surface area contributed by atoms with Crippen LogP contribution >= 0.6 is 7.37 Å². The van der Waals surface area contributed by atoms with Gasteiger partial charge in [0.05, 0.1) is 19.0 Å². The second-order valence-corrected chi connectivity index (χ2v) is 14.0. The lowest BCUT2D eigenvalue weighted by molar-refractivity contribution is -0.258. The maximum Gasteiger partial charge on any atom is 0.265 e. The zero-order valence-electron chi connectivity index (χ0n) is 23.1. The van der Waals surface area contributed by atoms with E-state index in [9.17, 15) is 0 Å².